The lowest BCUT2D eigenvalue weighted by molar-refractivity contribution is -0.151. The summed E-state index contributed by atoms with van der Waals surface area (Å²) >= 11 is 0. The second-order valence-electron chi connectivity index (χ2n) is 8.01. The lowest BCUT2D eigenvalue weighted by Gasteiger charge is -2.32. The monoisotopic (exact) mass is 422 g/mol. The van der Waals surface area contributed by atoms with Crippen LogP contribution in [0.2, 0.25) is 0 Å². The van der Waals surface area contributed by atoms with Gasteiger partial charge in [0, 0.05) is 42.6 Å². The van der Waals surface area contributed by atoms with Gasteiger partial charge < -0.3 is 9.64 Å². The lowest BCUT2D eigenvalue weighted by Crippen LogP contribution is -2.43. The smallest absolute Gasteiger partial charge is 0.310 e. The summed E-state index contributed by atoms with van der Waals surface area (Å²) < 4.78 is 5.09. The fraction of sp³-hybridized carbons (Fsp3) is 0.417. The molecule has 0 saturated carbocycles. The van der Waals surface area contributed by atoms with Gasteiger partial charge in [0.25, 0.3) is 11.8 Å². The number of likely N-dealkylation sites (tertiary alicyclic amines) is 1. The van der Waals surface area contributed by atoms with Crippen LogP contribution in [0, 0.1) is 5.92 Å². The molecule has 31 heavy (non-hydrogen) atoms. The maximum atomic E-state index is 12.9. The molecule has 0 spiro atoms. The summed E-state index contributed by atoms with van der Waals surface area (Å²) in [6.45, 7) is 3.27. The van der Waals surface area contributed by atoms with E-state index in [9.17, 15) is 19.2 Å². The van der Waals surface area contributed by atoms with Crippen molar-refractivity contribution in [2.45, 2.75) is 32.6 Å². The van der Waals surface area contributed by atoms with Gasteiger partial charge in [-0.25, -0.2) is 0 Å². The summed E-state index contributed by atoms with van der Waals surface area (Å²) in [7, 11) is 0. The molecule has 3 amide bonds. The fourth-order valence-electron chi connectivity index (χ4n) is 4.49. The maximum absolute atomic E-state index is 12.9. The molecular formula is C24H26N2O5. The SMILES string of the molecule is CCOC(=O)C1CCCN(C(=O)CCCN2C(=O)c3cccc4cccc(c34)C2=O)C1. The molecule has 2 aromatic rings. The number of ether oxygens (including phenoxy) is 1. The predicted molar refractivity (Wildman–Crippen MR) is 114 cm³/mol. The molecule has 2 aliphatic heterocycles. The fourth-order valence-corrected chi connectivity index (χ4v) is 4.49. The standard InChI is InChI=1S/C24H26N2O5/c1-2-31-24(30)17-9-5-13-25(15-17)20(27)12-6-14-26-22(28)18-10-3-7-16-8-4-11-19(21(16)18)23(26)29/h3-4,7-8,10-11,17H,2,5-6,9,12-15H2,1H3. The third kappa shape index (κ3) is 4.04. The highest BCUT2D eigenvalue weighted by atomic mass is 16.5. The van der Waals surface area contributed by atoms with Crippen molar-refractivity contribution >= 4 is 34.5 Å². The summed E-state index contributed by atoms with van der Waals surface area (Å²) in [4.78, 5) is 53.5. The molecule has 0 aliphatic carbocycles. The second kappa shape index (κ2) is 8.88. The van der Waals surface area contributed by atoms with Crippen LogP contribution < -0.4 is 0 Å². The molecule has 0 bridgehead atoms. The summed E-state index contributed by atoms with van der Waals surface area (Å²) in [5.74, 6) is -1.23. The molecule has 2 aromatic carbocycles. The minimum absolute atomic E-state index is 0.0617. The Hall–Kier alpha value is -3.22. The Morgan fingerprint density at radius 2 is 1.74 bits per heavy atom. The minimum atomic E-state index is -0.318. The number of rotatable bonds is 6. The Morgan fingerprint density at radius 1 is 1.06 bits per heavy atom. The first-order valence-electron chi connectivity index (χ1n) is 10.8. The molecular weight excluding hydrogens is 396 g/mol. The van der Waals surface area contributed by atoms with Crippen LogP contribution in [-0.2, 0) is 14.3 Å². The summed E-state index contributed by atoms with van der Waals surface area (Å²) in [6, 6.07) is 10.9. The zero-order valence-corrected chi connectivity index (χ0v) is 17.6. The highest BCUT2D eigenvalue weighted by Crippen LogP contribution is 2.30. The number of hydrogen-bond acceptors (Lipinski definition) is 5. The molecule has 162 valence electrons. The zero-order chi connectivity index (χ0) is 22.0. The van der Waals surface area contributed by atoms with Gasteiger partial charge in [0.05, 0.1) is 12.5 Å². The molecule has 7 heteroatoms. The summed E-state index contributed by atoms with van der Waals surface area (Å²) in [5, 5.41) is 1.57. The second-order valence-corrected chi connectivity index (χ2v) is 8.01. The summed E-state index contributed by atoms with van der Waals surface area (Å²) in [6.07, 6.45) is 2.09. The predicted octanol–water partition coefficient (Wildman–Crippen LogP) is 3.02. The minimum Gasteiger partial charge on any atom is -0.466 e. The van der Waals surface area contributed by atoms with Crippen molar-refractivity contribution < 1.29 is 23.9 Å². The van der Waals surface area contributed by atoms with Crippen molar-refractivity contribution in [3.63, 3.8) is 0 Å². The normalized spacial score (nSPS) is 18.4. The Balaban J connectivity index is 1.38. The zero-order valence-electron chi connectivity index (χ0n) is 17.6. The van der Waals surface area contributed by atoms with Gasteiger partial charge in [-0.05, 0) is 43.7 Å². The van der Waals surface area contributed by atoms with Crippen LogP contribution in [0.3, 0.4) is 0 Å². The van der Waals surface area contributed by atoms with Crippen LogP contribution in [0.1, 0.15) is 53.3 Å². The molecule has 1 atom stereocenters. The number of carbonyl (C=O) groups is 4. The van der Waals surface area contributed by atoms with E-state index >= 15 is 0 Å². The van der Waals surface area contributed by atoms with Crippen LogP contribution >= 0.6 is 0 Å². The third-order valence-electron chi connectivity index (χ3n) is 6.02. The average molecular weight is 422 g/mol. The van der Waals surface area contributed by atoms with Crippen molar-refractivity contribution in [3.8, 4) is 0 Å². The number of esters is 1. The van der Waals surface area contributed by atoms with Gasteiger partial charge in [0.1, 0.15) is 0 Å². The van der Waals surface area contributed by atoms with Crippen LogP contribution in [0.4, 0.5) is 0 Å². The highest BCUT2D eigenvalue weighted by molar-refractivity contribution is 6.25. The molecule has 0 N–H and O–H groups in total. The van der Waals surface area contributed by atoms with Crippen LogP contribution in [0.25, 0.3) is 10.8 Å². The van der Waals surface area contributed by atoms with Crippen molar-refractivity contribution in [1.82, 2.24) is 9.80 Å². The van der Waals surface area contributed by atoms with E-state index in [2.05, 4.69) is 0 Å². The van der Waals surface area contributed by atoms with Crippen molar-refractivity contribution in [2.24, 2.45) is 5.92 Å². The third-order valence-corrected chi connectivity index (χ3v) is 6.02. The van der Waals surface area contributed by atoms with Crippen LogP contribution in [-0.4, -0.2) is 59.7 Å². The van der Waals surface area contributed by atoms with Crippen LogP contribution in [0.5, 0.6) is 0 Å². The molecule has 1 fully saturated rings. The van der Waals surface area contributed by atoms with Gasteiger partial charge in [-0.2, -0.15) is 0 Å². The van der Waals surface area contributed by atoms with Crippen molar-refractivity contribution in [1.29, 1.82) is 0 Å². The average Bonchev–Trinajstić information content (AvgIpc) is 2.79. The molecule has 1 unspecified atom stereocenters. The van der Waals surface area contributed by atoms with Gasteiger partial charge in [-0.1, -0.05) is 24.3 Å². The largest absolute Gasteiger partial charge is 0.466 e. The molecule has 0 radical (unpaired) electrons. The first kappa shape index (κ1) is 21.0. The van der Waals surface area contributed by atoms with Crippen molar-refractivity contribution in [3.05, 3.63) is 47.5 Å². The molecule has 7 nitrogen and oxygen atoms in total. The van der Waals surface area contributed by atoms with E-state index in [-0.39, 0.29) is 42.6 Å². The van der Waals surface area contributed by atoms with E-state index in [0.717, 1.165) is 18.2 Å². The van der Waals surface area contributed by atoms with Crippen molar-refractivity contribution in [2.75, 3.05) is 26.2 Å². The molecule has 0 aromatic heterocycles. The van der Waals surface area contributed by atoms with Gasteiger partial charge >= 0.3 is 5.97 Å². The number of hydrogen-bond donors (Lipinski definition) is 0. The number of piperidine rings is 1. The highest BCUT2D eigenvalue weighted by Gasteiger charge is 2.33. The summed E-state index contributed by atoms with van der Waals surface area (Å²) in [5.41, 5.74) is 1.04. The van der Waals surface area contributed by atoms with E-state index in [4.69, 9.17) is 4.74 Å². The number of benzene rings is 2. The Labute approximate surface area is 180 Å². The van der Waals surface area contributed by atoms with E-state index in [1.165, 1.54) is 4.90 Å². The first-order chi connectivity index (χ1) is 15.0. The number of nitrogens with zero attached hydrogens (tertiary/aromatic N) is 2. The Bertz CT molecular complexity index is 997. The van der Waals surface area contributed by atoms with Gasteiger partial charge in [0.2, 0.25) is 5.91 Å². The van der Waals surface area contributed by atoms with Gasteiger partial charge in [0.15, 0.2) is 0 Å². The van der Waals surface area contributed by atoms with Gasteiger partial charge in [-0.3, -0.25) is 24.1 Å². The first-order valence-corrected chi connectivity index (χ1v) is 10.8. The molecule has 4 rings (SSSR count). The van der Waals surface area contributed by atoms with E-state index in [1.54, 1.807) is 24.0 Å². The quantitative estimate of drug-likeness (QED) is 0.528. The van der Waals surface area contributed by atoms with Crippen LogP contribution in [0.15, 0.2) is 36.4 Å². The Morgan fingerprint density at radius 3 is 2.39 bits per heavy atom. The molecule has 2 aliphatic rings. The van der Waals surface area contributed by atoms with E-state index in [0.29, 0.717) is 42.6 Å². The topological polar surface area (TPSA) is 84.0 Å². The number of amides is 3. The number of imide groups is 1. The molecule has 2 heterocycles. The van der Waals surface area contributed by atoms with Gasteiger partial charge in [-0.15, -0.1) is 0 Å². The Kier molecular flexibility index (Phi) is 6.02. The lowest BCUT2D eigenvalue weighted by atomic mass is 9.94. The molecule has 1 saturated heterocycles. The van der Waals surface area contributed by atoms with E-state index in [1.807, 2.05) is 24.3 Å². The van der Waals surface area contributed by atoms with E-state index < -0.39 is 0 Å². The maximum Gasteiger partial charge on any atom is 0.310 e. The number of carbonyl (C=O) groups excluding carboxylic acids is 4.